The molecule has 0 aromatic carbocycles. The lowest BCUT2D eigenvalue weighted by Crippen LogP contribution is -2.30. The Labute approximate surface area is 425 Å². The van der Waals surface area contributed by atoms with Gasteiger partial charge in [0.15, 0.2) is 6.10 Å². The van der Waals surface area contributed by atoms with Gasteiger partial charge >= 0.3 is 25.7 Å². The Kier molecular flexibility index (Phi) is 48.7. The maximum absolute atomic E-state index is 12.9. The molecule has 0 bridgehead atoms. The predicted octanol–water partition coefficient (Wildman–Crippen LogP) is 15.5. The Morgan fingerprint density at radius 3 is 1.26 bits per heavy atom. The summed E-state index contributed by atoms with van der Waals surface area (Å²) in [5.74, 6) is -1.67. The van der Waals surface area contributed by atoms with Crippen LogP contribution in [0.3, 0.4) is 0 Å². The average molecular weight is 999 g/mol. The Bertz CT molecular complexity index is 1590. The smallest absolute Gasteiger partial charge is 0.462 e. The van der Waals surface area contributed by atoms with Crippen molar-refractivity contribution in [1.82, 2.24) is 0 Å². The van der Waals surface area contributed by atoms with Gasteiger partial charge < -0.3 is 24.2 Å². The van der Waals surface area contributed by atoms with Gasteiger partial charge in [-0.05, 0) is 83.5 Å². The standard InChI is InChI=1S/C58H95O11P/c1-4-7-10-13-16-19-22-25-27-30-33-36-39-42-45-48-57(61)68-54(50-59)52-66-70(63,64)67-53-55(51-65-56(60)47-44-41-38-35-32-29-24-21-18-15-12-9-6-3)69-58(62)49-46-43-40-37-34-31-28-26-23-20-17-14-11-8-5-2/h7-8,10-11,16-17,19-20,25-28,33-34,36-37,43,46,54-55,59H,4-6,9,12-15,18,21-24,29-32,35,38-42,44-45,47-53H2,1-3H3,(H,63,64)/b10-7-,11-8-,19-16-,20-17-,27-25-,28-26-,36-33-,37-34-,46-43-. The van der Waals surface area contributed by atoms with E-state index in [4.69, 9.17) is 23.3 Å². The zero-order valence-corrected chi connectivity index (χ0v) is 44.6. The molecule has 0 aromatic heterocycles. The molecule has 0 aliphatic heterocycles. The molecule has 0 aliphatic carbocycles. The summed E-state index contributed by atoms with van der Waals surface area (Å²) in [6, 6.07) is 0. The number of hydrogen-bond acceptors (Lipinski definition) is 10. The van der Waals surface area contributed by atoms with Gasteiger partial charge in [0.25, 0.3) is 0 Å². The number of carbonyl (C=O) groups excluding carboxylic acids is 3. The molecular weight excluding hydrogens is 904 g/mol. The Balaban J connectivity index is 4.89. The molecule has 398 valence electrons. The minimum absolute atomic E-state index is 0.0712. The molecule has 0 heterocycles. The monoisotopic (exact) mass is 999 g/mol. The van der Waals surface area contributed by atoms with Gasteiger partial charge in [-0.2, -0.15) is 0 Å². The number of carbonyl (C=O) groups is 3. The highest BCUT2D eigenvalue weighted by Gasteiger charge is 2.28. The van der Waals surface area contributed by atoms with E-state index < -0.39 is 57.8 Å². The number of allylic oxidation sites excluding steroid dienone is 17. The molecule has 0 amide bonds. The van der Waals surface area contributed by atoms with Crippen LogP contribution in [0.4, 0.5) is 0 Å². The largest absolute Gasteiger partial charge is 0.472 e. The molecule has 0 radical (unpaired) electrons. The van der Waals surface area contributed by atoms with Gasteiger partial charge in [0.1, 0.15) is 12.7 Å². The maximum atomic E-state index is 12.9. The van der Waals surface area contributed by atoms with Gasteiger partial charge in [-0.3, -0.25) is 23.4 Å². The molecule has 0 rings (SSSR count). The van der Waals surface area contributed by atoms with E-state index >= 15 is 0 Å². The second kappa shape index (κ2) is 51.5. The van der Waals surface area contributed by atoms with Gasteiger partial charge in [0.2, 0.25) is 0 Å². The first-order chi connectivity index (χ1) is 34.2. The molecule has 0 aliphatic rings. The number of ether oxygens (including phenoxy) is 3. The van der Waals surface area contributed by atoms with E-state index in [0.29, 0.717) is 19.3 Å². The lowest BCUT2D eigenvalue weighted by Gasteiger charge is -2.21. The van der Waals surface area contributed by atoms with Crippen molar-refractivity contribution in [3.8, 4) is 0 Å². The summed E-state index contributed by atoms with van der Waals surface area (Å²) in [6.45, 7) is 4.23. The first-order valence-electron chi connectivity index (χ1n) is 26.8. The SMILES string of the molecule is CC/C=C\C/C=C\C/C=C\C/C=C\C/C=C\CC(=O)OC(COC(=O)CCCCCCCCCCCCCCC)COP(=O)(O)OCC(CO)OC(=O)CCCC/C=C\C/C=C\C/C=C\C/C=C\CC. The normalized spacial score (nSPS) is 14.3. The fourth-order valence-electron chi connectivity index (χ4n) is 6.72. The van der Waals surface area contributed by atoms with Crippen LogP contribution < -0.4 is 0 Å². The summed E-state index contributed by atoms with van der Waals surface area (Å²) in [4.78, 5) is 48.3. The third-order valence-electron chi connectivity index (χ3n) is 10.7. The van der Waals surface area contributed by atoms with Crippen LogP contribution in [0.15, 0.2) is 109 Å². The van der Waals surface area contributed by atoms with Crippen LogP contribution in [-0.2, 0) is 42.2 Å². The number of aliphatic hydroxyl groups is 1. The van der Waals surface area contributed by atoms with E-state index in [1.807, 2.05) is 18.2 Å². The number of unbranched alkanes of at least 4 members (excludes halogenated alkanes) is 14. The molecule has 2 N–H and O–H groups in total. The Morgan fingerprint density at radius 1 is 0.429 bits per heavy atom. The molecule has 3 atom stereocenters. The quantitative estimate of drug-likeness (QED) is 0.0197. The van der Waals surface area contributed by atoms with Crippen molar-refractivity contribution in [2.45, 2.75) is 213 Å². The number of phosphoric ester groups is 1. The van der Waals surface area contributed by atoms with Gasteiger partial charge in [0, 0.05) is 12.8 Å². The predicted molar refractivity (Wildman–Crippen MR) is 288 cm³/mol. The van der Waals surface area contributed by atoms with Crippen molar-refractivity contribution < 1.29 is 52.2 Å². The first-order valence-corrected chi connectivity index (χ1v) is 28.3. The van der Waals surface area contributed by atoms with Crippen LogP contribution in [0, 0.1) is 0 Å². The summed E-state index contributed by atoms with van der Waals surface area (Å²) in [6.07, 6.45) is 60.9. The fraction of sp³-hybridized carbons (Fsp3) is 0.638. The van der Waals surface area contributed by atoms with Crippen LogP contribution in [-0.4, -0.2) is 66.5 Å². The highest BCUT2D eigenvalue weighted by Crippen LogP contribution is 2.43. The molecule has 0 fully saturated rings. The van der Waals surface area contributed by atoms with Crippen molar-refractivity contribution in [3.63, 3.8) is 0 Å². The zero-order valence-electron chi connectivity index (χ0n) is 43.7. The average Bonchev–Trinajstić information content (AvgIpc) is 3.35. The summed E-state index contributed by atoms with van der Waals surface area (Å²) >= 11 is 0. The first kappa shape index (κ1) is 66.1. The number of rotatable bonds is 48. The maximum Gasteiger partial charge on any atom is 0.472 e. The van der Waals surface area contributed by atoms with Crippen molar-refractivity contribution in [2.75, 3.05) is 26.4 Å². The van der Waals surface area contributed by atoms with E-state index in [0.717, 1.165) is 83.5 Å². The summed E-state index contributed by atoms with van der Waals surface area (Å²) in [5.41, 5.74) is 0. The molecule has 11 nitrogen and oxygen atoms in total. The number of aliphatic hydroxyl groups excluding tert-OH is 1. The highest BCUT2D eigenvalue weighted by atomic mass is 31.2. The van der Waals surface area contributed by atoms with E-state index in [1.165, 1.54) is 57.8 Å². The lowest BCUT2D eigenvalue weighted by molar-refractivity contribution is -0.160. The third-order valence-corrected chi connectivity index (χ3v) is 11.7. The van der Waals surface area contributed by atoms with Crippen LogP contribution in [0.25, 0.3) is 0 Å². The van der Waals surface area contributed by atoms with E-state index in [9.17, 15) is 28.9 Å². The van der Waals surface area contributed by atoms with E-state index in [-0.39, 0.29) is 25.9 Å². The van der Waals surface area contributed by atoms with E-state index in [2.05, 4.69) is 106 Å². The fourth-order valence-corrected chi connectivity index (χ4v) is 7.50. The summed E-state index contributed by atoms with van der Waals surface area (Å²) in [7, 11) is -4.78. The Hall–Kier alpha value is -3.86. The van der Waals surface area contributed by atoms with Crippen molar-refractivity contribution >= 4 is 25.7 Å². The molecule has 0 aromatic rings. The highest BCUT2D eigenvalue weighted by molar-refractivity contribution is 7.47. The molecule has 12 heteroatoms. The summed E-state index contributed by atoms with van der Waals surface area (Å²) < 4.78 is 39.2. The second-order valence-electron chi connectivity index (χ2n) is 17.3. The number of phosphoric acid groups is 1. The summed E-state index contributed by atoms with van der Waals surface area (Å²) in [5, 5.41) is 9.78. The lowest BCUT2D eigenvalue weighted by atomic mass is 10.0. The van der Waals surface area contributed by atoms with Crippen molar-refractivity contribution in [3.05, 3.63) is 109 Å². The molecule has 0 saturated heterocycles. The van der Waals surface area contributed by atoms with Crippen LogP contribution in [0.5, 0.6) is 0 Å². The van der Waals surface area contributed by atoms with Gasteiger partial charge in [-0.25, -0.2) is 4.57 Å². The minimum atomic E-state index is -4.78. The van der Waals surface area contributed by atoms with Crippen LogP contribution in [0.2, 0.25) is 0 Å². The van der Waals surface area contributed by atoms with Gasteiger partial charge in [0.05, 0.1) is 26.2 Å². The molecule has 70 heavy (non-hydrogen) atoms. The van der Waals surface area contributed by atoms with Crippen molar-refractivity contribution in [1.29, 1.82) is 0 Å². The van der Waals surface area contributed by atoms with Crippen LogP contribution >= 0.6 is 7.82 Å². The zero-order chi connectivity index (χ0) is 51.3. The molecule has 3 unspecified atom stereocenters. The van der Waals surface area contributed by atoms with Crippen molar-refractivity contribution in [2.24, 2.45) is 0 Å². The van der Waals surface area contributed by atoms with Gasteiger partial charge in [-0.1, -0.05) is 207 Å². The number of hydrogen-bond donors (Lipinski definition) is 2. The molecule has 0 spiro atoms. The minimum Gasteiger partial charge on any atom is -0.462 e. The van der Waals surface area contributed by atoms with E-state index in [1.54, 1.807) is 6.08 Å². The topological polar surface area (TPSA) is 155 Å². The molecular formula is C58H95O11P. The second-order valence-corrected chi connectivity index (χ2v) is 18.8. The molecule has 0 saturated carbocycles. The third kappa shape index (κ3) is 49.1. The van der Waals surface area contributed by atoms with Gasteiger partial charge in [-0.15, -0.1) is 0 Å². The van der Waals surface area contributed by atoms with Crippen LogP contribution in [0.1, 0.15) is 201 Å². The Morgan fingerprint density at radius 2 is 0.800 bits per heavy atom. The number of esters is 3.